The number of nitrogen functional groups attached to an aromatic ring is 2. The third-order valence-electron chi connectivity index (χ3n) is 2.30. The van der Waals surface area contributed by atoms with Crippen molar-refractivity contribution in [3.63, 3.8) is 0 Å². The molecule has 0 atom stereocenters. The molecule has 0 aliphatic rings. The van der Waals surface area contributed by atoms with Crippen molar-refractivity contribution in [2.24, 2.45) is 5.73 Å². The molecule has 39 heavy (non-hydrogen) atoms. The Morgan fingerprint density at radius 3 is 1.03 bits per heavy atom. The van der Waals surface area contributed by atoms with Crippen molar-refractivity contribution >= 4 is 234 Å². The lowest BCUT2D eigenvalue weighted by atomic mass is 10.1. The summed E-state index contributed by atoms with van der Waals surface area (Å²) in [7, 11) is 0. The smallest absolute Gasteiger partial charge is 0.271 e. The van der Waals surface area contributed by atoms with E-state index in [4.69, 9.17) is 17.2 Å². The summed E-state index contributed by atoms with van der Waals surface area (Å²) in [4.78, 5) is 34.3. The van der Waals surface area contributed by atoms with Gasteiger partial charge in [0, 0.05) is 5.54 Å². The van der Waals surface area contributed by atoms with Crippen LogP contribution in [0, 0.1) is 0 Å². The number of nitrogens with one attached hydrogen (secondary N) is 3. The van der Waals surface area contributed by atoms with E-state index in [-0.39, 0.29) is 240 Å². The van der Waals surface area contributed by atoms with Crippen molar-refractivity contribution in [3.8, 4) is 0 Å². The van der Waals surface area contributed by atoms with Crippen LogP contribution in [0.4, 0.5) is 11.6 Å². The monoisotopic (exact) mass is 920 g/mol. The van der Waals surface area contributed by atoms with E-state index in [0.29, 0.717) is 5.69 Å². The predicted octanol–water partition coefficient (Wildman–Crippen LogP) is 6.78. The Bertz CT molecular complexity index is 691. The molecule has 0 aromatic carbocycles. The van der Waals surface area contributed by atoms with Gasteiger partial charge in [-0.15, -0.1) is 211 Å². The maximum Gasteiger partial charge on any atom is 0.271 e. The molecule has 0 unspecified atom stereocenters. The van der Waals surface area contributed by atoms with Crippen molar-refractivity contribution in [2.45, 2.75) is 26.3 Å². The number of hydrogen-bond donors (Lipinski definition) is 6. The zero-order valence-corrected chi connectivity index (χ0v) is 33.4. The second-order valence-electron chi connectivity index (χ2n) is 5.39. The molecule has 27 heteroatoms. The van der Waals surface area contributed by atoms with E-state index in [1.165, 1.54) is 12.7 Å². The summed E-state index contributed by atoms with van der Waals surface area (Å²) in [5.41, 5.74) is 15.7. The van der Waals surface area contributed by atoms with Crippen LogP contribution in [0.15, 0.2) is 12.7 Å². The van der Waals surface area contributed by atoms with Gasteiger partial charge in [0.2, 0.25) is 0 Å². The third-order valence-corrected chi connectivity index (χ3v) is 2.30. The molecule has 0 radical (unpaired) electrons. The van der Waals surface area contributed by atoms with Gasteiger partial charge >= 0.3 is 0 Å². The van der Waals surface area contributed by atoms with Gasteiger partial charge in [0.15, 0.2) is 11.6 Å². The van der Waals surface area contributed by atoms with Crippen molar-refractivity contribution in [3.05, 3.63) is 24.0 Å². The first kappa shape index (κ1) is 114. The molecule has 0 saturated heterocycles. The number of H-pyrrole nitrogens is 2. The van der Waals surface area contributed by atoms with Crippen LogP contribution in [0.5, 0.6) is 0 Å². The predicted molar refractivity (Wildman–Crippen MR) is 205 cm³/mol. The highest BCUT2D eigenvalue weighted by Crippen LogP contribution is 2.07. The Hall–Kier alpha value is 1.89. The molecule has 0 saturated carbocycles. The second-order valence-corrected chi connectivity index (χ2v) is 5.39. The number of nitrogens with zero attached hydrogens (tertiary/aromatic N) is 2. The highest BCUT2D eigenvalue weighted by molar-refractivity contribution is 5.97. The minimum absolute atomic E-state index is 0. The van der Waals surface area contributed by atoms with E-state index < -0.39 is 5.91 Å². The number of carbonyl (C=O) groups is 2. The van der Waals surface area contributed by atoms with E-state index in [9.17, 15) is 9.59 Å². The number of rotatable bonds is 2. The molecule has 0 spiro atoms. The highest BCUT2D eigenvalue weighted by atomic mass is 35.5. The summed E-state index contributed by atoms with van der Waals surface area (Å²) >= 11 is 0. The standard InChI is InChI=1S/C8H14N4O.C4H6N4O.17ClH/c1-8(2,3)12-7(13)5-6(9)11-4-10-5;5-3-2(4(6)9)7-1-8-3;;;;;;;;;;;;;;;;;/h4H,9H2,1-3H3,(H,10,11)(H,12,13);1H,5H2,(H2,6,9)(H,7,8);17*1H. The van der Waals surface area contributed by atoms with Gasteiger partial charge in [-0.05, 0) is 20.8 Å². The van der Waals surface area contributed by atoms with Crippen molar-refractivity contribution < 1.29 is 9.59 Å². The van der Waals surface area contributed by atoms with E-state index in [1.807, 2.05) is 20.8 Å². The van der Waals surface area contributed by atoms with Gasteiger partial charge in [-0.3, -0.25) is 9.59 Å². The van der Waals surface area contributed by atoms with Crippen molar-refractivity contribution in [1.29, 1.82) is 0 Å². The Morgan fingerprint density at radius 1 is 0.615 bits per heavy atom. The molecule has 9 N–H and O–H groups in total. The number of nitrogens with two attached hydrogens (primary N) is 3. The van der Waals surface area contributed by atoms with E-state index in [1.54, 1.807) is 0 Å². The maximum absolute atomic E-state index is 11.5. The van der Waals surface area contributed by atoms with Crippen LogP contribution in [0.25, 0.3) is 0 Å². The molecule has 10 nitrogen and oxygen atoms in total. The molecule has 0 bridgehead atoms. The zero-order chi connectivity index (χ0) is 16.9. The lowest BCUT2D eigenvalue weighted by Gasteiger charge is -2.19. The Labute approximate surface area is 333 Å². The average molecular weight is 928 g/mol. The largest absolute Gasteiger partial charge is 0.382 e. The molecule has 0 aliphatic carbocycles. The molecule has 2 rings (SSSR count). The number of amides is 2. The number of imidazole rings is 2. The fourth-order valence-corrected chi connectivity index (χ4v) is 1.39. The first-order valence-corrected chi connectivity index (χ1v) is 6.32. The van der Waals surface area contributed by atoms with E-state index >= 15 is 0 Å². The van der Waals surface area contributed by atoms with Gasteiger partial charge in [0.25, 0.3) is 11.8 Å². The van der Waals surface area contributed by atoms with E-state index in [0.717, 1.165) is 0 Å². The van der Waals surface area contributed by atoms with Gasteiger partial charge in [-0.2, -0.15) is 0 Å². The third kappa shape index (κ3) is 47.0. The first-order chi connectivity index (χ1) is 10.1. The summed E-state index contributed by atoms with van der Waals surface area (Å²) in [5, 5.41) is 2.77. The molecule has 2 aromatic heterocycles. The average Bonchev–Trinajstić information content (AvgIpc) is 2.96. The number of carbonyl (C=O) groups excluding carboxylic acids is 2. The number of halogens is 17. The quantitative estimate of drug-likeness (QED) is 0.193. The number of primary amides is 1. The lowest BCUT2D eigenvalue weighted by molar-refractivity contribution is 0.0915. The van der Waals surface area contributed by atoms with Gasteiger partial charge in [0.05, 0.1) is 12.7 Å². The molecular formula is C12H37Cl17N8O2. The minimum atomic E-state index is -0.593. The van der Waals surface area contributed by atoms with Crippen LogP contribution in [-0.2, 0) is 0 Å². The fraction of sp³-hybridized carbons (Fsp3) is 0.333. The first-order valence-electron chi connectivity index (χ1n) is 6.32. The Kier molecular flexibility index (Phi) is 163. The molecule has 2 aromatic rings. The van der Waals surface area contributed by atoms with Crippen LogP contribution in [-0.4, -0.2) is 37.3 Å². The Morgan fingerprint density at radius 2 is 0.872 bits per heavy atom. The topological polar surface area (TPSA) is 182 Å². The van der Waals surface area contributed by atoms with Gasteiger partial charge < -0.3 is 32.5 Å². The molecule has 2 heterocycles. The molecule has 0 aliphatic heterocycles. The van der Waals surface area contributed by atoms with Crippen molar-refractivity contribution in [1.82, 2.24) is 25.3 Å². The summed E-state index contributed by atoms with van der Waals surface area (Å²) in [5.74, 6) is -0.461. The highest BCUT2D eigenvalue weighted by Gasteiger charge is 2.18. The van der Waals surface area contributed by atoms with Crippen LogP contribution >= 0.6 is 211 Å². The zero-order valence-electron chi connectivity index (χ0n) is 19.5. The van der Waals surface area contributed by atoms with Crippen molar-refractivity contribution in [2.75, 3.05) is 11.5 Å². The minimum Gasteiger partial charge on any atom is -0.382 e. The van der Waals surface area contributed by atoms with Crippen LogP contribution in [0.1, 0.15) is 41.7 Å². The van der Waals surface area contributed by atoms with Crippen LogP contribution in [0.2, 0.25) is 0 Å². The second kappa shape index (κ2) is 55.8. The van der Waals surface area contributed by atoms with Crippen LogP contribution in [0.3, 0.4) is 0 Å². The SMILES string of the molecule is CC(C)(C)NC(=O)c1[nH]cnc1N.Cl.Cl.Cl.Cl.Cl.Cl.Cl.Cl.Cl.Cl.Cl.Cl.Cl.Cl.Cl.Cl.Cl.NC(=O)c1[nH]cnc1N. The van der Waals surface area contributed by atoms with Gasteiger partial charge in [-0.1, -0.05) is 0 Å². The number of aromatic nitrogens is 4. The van der Waals surface area contributed by atoms with E-state index in [2.05, 4.69) is 25.3 Å². The summed E-state index contributed by atoms with van der Waals surface area (Å²) in [6, 6.07) is 0. The van der Waals surface area contributed by atoms with Crippen LogP contribution < -0.4 is 22.5 Å². The molecular weight excluding hydrogens is 891 g/mol. The summed E-state index contributed by atoms with van der Waals surface area (Å²) < 4.78 is 0. The van der Waals surface area contributed by atoms with Gasteiger partial charge in [0.1, 0.15) is 11.4 Å². The normalized spacial score (nSPS) is 5.92. The van der Waals surface area contributed by atoms with Gasteiger partial charge in [-0.25, -0.2) is 9.97 Å². The molecule has 256 valence electrons. The number of anilines is 2. The fourth-order valence-electron chi connectivity index (χ4n) is 1.39. The molecule has 2 amide bonds. The molecule has 0 fully saturated rings. The Balaban J connectivity index is -0.0000000117. The lowest BCUT2D eigenvalue weighted by Crippen LogP contribution is -2.41. The number of hydrogen-bond acceptors (Lipinski definition) is 6. The maximum atomic E-state index is 11.5. The summed E-state index contributed by atoms with van der Waals surface area (Å²) in [6.45, 7) is 5.70. The summed E-state index contributed by atoms with van der Waals surface area (Å²) in [6.07, 6.45) is 2.71. The number of aromatic amines is 2.